The Morgan fingerprint density at radius 3 is 2.24 bits per heavy atom. The van der Waals surface area contributed by atoms with Crippen molar-refractivity contribution in [1.29, 1.82) is 10.5 Å². The van der Waals surface area contributed by atoms with Crippen molar-refractivity contribution in [2.75, 3.05) is 0 Å². The molecular formula is C11H16N2O4. The second-order valence-electron chi connectivity index (χ2n) is 3.96. The van der Waals surface area contributed by atoms with Crippen LogP contribution in [0.2, 0.25) is 0 Å². The highest BCUT2D eigenvalue weighted by atomic mass is 16.5. The molecule has 0 aromatic rings. The standard InChI is InChI=1S/C11H16N2O4/c12-7-9(8-13)4-2-1-3-5-11(16,17)6-10(14)15/h9,16-17H,1-6H2,(H,14,15). The molecule has 6 nitrogen and oxygen atoms in total. The van der Waals surface area contributed by atoms with Gasteiger partial charge in [-0.15, -0.1) is 0 Å². The van der Waals surface area contributed by atoms with Crippen molar-refractivity contribution in [2.45, 2.75) is 44.3 Å². The Balaban J connectivity index is 3.69. The van der Waals surface area contributed by atoms with E-state index in [2.05, 4.69) is 0 Å². The molecule has 17 heavy (non-hydrogen) atoms. The van der Waals surface area contributed by atoms with Crippen LogP contribution in [-0.2, 0) is 4.79 Å². The van der Waals surface area contributed by atoms with E-state index in [1.54, 1.807) is 0 Å². The fourth-order valence-electron chi connectivity index (χ4n) is 1.42. The number of rotatable bonds is 8. The van der Waals surface area contributed by atoms with Gasteiger partial charge in [0.2, 0.25) is 0 Å². The number of aliphatic hydroxyl groups is 2. The zero-order chi connectivity index (χ0) is 13.3. The van der Waals surface area contributed by atoms with Gasteiger partial charge >= 0.3 is 5.97 Å². The molecule has 0 radical (unpaired) electrons. The lowest BCUT2D eigenvalue weighted by Crippen LogP contribution is -2.31. The Labute approximate surface area is 99.7 Å². The fraction of sp³-hybridized carbons (Fsp3) is 0.727. The predicted octanol–water partition coefficient (Wildman–Crippen LogP) is 0.756. The van der Waals surface area contributed by atoms with Crippen LogP contribution in [0.5, 0.6) is 0 Å². The van der Waals surface area contributed by atoms with Crippen molar-refractivity contribution >= 4 is 5.97 Å². The molecule has 0 unspecified atom stereocenters. The first-order valence-corrected chi connectivity index (χ1v) is 5.37. The molecule has 0 aliphatic carbocycles. The minimum Gasteiger partial charge on any atom is -0.481 e. The van der Waals surface area contributed by atoms with Crippen LogP contribution < -0.4 is 0 Å². The highest BCUT2D eigenvalue weighted by molar-refractivity contribution is 5.67. The number of carbonyl (C=O) groups is 1. The van der Waals surface area contributed by atoms with Crippen LogP contribution in [0.15, 0.2) is 0 Å². The quantitative estimate of drug-likeness (QED) is 0.424. The number of nitriles is 2. The maximum atomic E-state index is 10.3. The van der Waals surface area contributed by atoms with Crippen LogP contribution in [0, 0.1) is 28.6 Å². The smallest absolute Gasteiger partial charge is 0.308 e. The lowest BCUT2D eigenvalue weighted by atomic mass is 10.0. The molecule has 0 spiro atoms. The van der Waals surface area contributed by atoms with Gasteiger partial charge in [-0.05, 0) is 12.8 Å². The van der Waals surface area contributed by atoms with E-state index >= 15 is 0 Å². The topological polar surface area (TPSA) is 125 Å². The molecule has 0 saturated heterocycles. The van der Waals surface area contributed by atoms with E-state index in [1.807, 2.05) is 12.1 Å². The molecule has 0 saturated carbocycles. The van der Waals surface area contributed by atoms with Gasteiger partial charge in [-0.2, -0.15) is 10.5 Å². The van der Waals surface area contributed by atoms with E-state index in [1.165, 1.54) is 0 Å². The molecule has 0 aliphatic heterocycles. The van der Waals surface area contributed by atoms with Gasteiger partial charge in [-0.1, -0.05) is 12.8 Å². The summed E-state index contributed by atoms with van der Waals surface area (Å²) in [5.41, 5.74) is 0. The van der Waals surface area contributed by atoms with Crippen LogP contribution in [0.25, 0.3) is 0 Å². The molecule has 0 fully saturated rings. The molecule has 94 valence electrons. The molecule has 0 rings (SSSR count). The number of nitrogens with zero attached hydrogens (tertiary/aromatic N) is 2. The van der Waals surface area contributed by atoms with Crippen LogP contribution in [0.1, 0.15) is 38.5 Å². The van der Waals surface area contributed by atoms with Gasteiger partial charge in [-0.3, -0.25) is 4.79 Å². The number of hydrogen-bond acceptors (Lipinski definition) is 5. The Bertz CT molecular complexity index is 313. The molecule has 6 heteroatoms. The summed E-state index contributed by atoms with van der Waals surface area (Å²) in [4.78, 5) is 10.3. The average molecular weight is 240 g/mol. The summed E-state index contributed by atoms with van der Waals surface area (Å²) in [6.45, 7) is 0. The van der Waals surface area contributed by atoms with Crippen molar-refractivity contribution in [1.82, 2.24) is 0 Å². The first kappa shape index (κ1) is 15.4. The number of carboxylic acids is 1. The lowest BCUT2D eigenvalue weighted by Gasteiger charge is -2.19. The molecule has 0 aromatic carbocycles. The van der Waals surface area contributed by atoms with Gasteiger partial charge in [-0.25, -0.2) is 0 Å². The highest BCUT2D eigenvalue weighted by Gasteiger charge is 2.25. The molecule has 0 bridgehead atoms. The van der Waals surface area contributed by atoms with Crippen molar-refractivity contribution in [2.24, 2.45) is 5.92 Å². The van der Waals surface area contributed by atoms with Gasteiger partial charge < -0.3 is 15.3 Å². The lowest BCUT2D eigenvalue weighted by molar-refractivity contribution is -0.184. The van der Waals surface area contributed by atoms with Crippen LogP contribution in [0.4, 0.5) is 0 Å². The zero-order valence-electron chi connectivity index (χ0n) is 9.46. The molecular weight excluding hydrogens is 224 g/mol. The third-order valence-electron chi connectivity index (χ3n) is 2.32. The maximum absolute atomic E-state index is 10.3. The summed E-state index contributed by atoms with van der Waals surface area (Å²) in [7, 11) is 0. The largest absolute Gasteiger partial charge is 0.481 e. The summed E-state index contributed by atoms with van der Waals surface area (Å²) in [6, 6.07) is 3.69. The molecule has 3 N–H and O–H groups in total. The summed E-state index contributed by atoms with van der Waals surface area (Å²) >= 11 is 0. The zero-order valence-corrected chi connectivity index (χ0v) is 9.46. The van der Waals surface area contributed by atoms with E-state index < -0.39 is 24.1 Å². The first-order valence-electron chi connectivity index (χ1n) is 5.37. The fourth-order valence-corrected chi connectivity index (χ4v) is 1.42. The second-order valence-corrected chi connectivity index (χ2v) is 3.96. The number of carboxylic acid groups (broad SMARTS) is 1. The summed E-state index contributed by atoms with van der Waals surface area (Å²) in [6.07, 6.45) is 1.44. The van der Waals surface area contributed by atoms with E-state index in [0.29, 0.717) is 25.7 Å². The third-order valence-corrected chi connectivity index (χ3v) is 2.32. The van der Waals surface area contributed by atoms with Gasteiger partial charge in [0.15, 0.2) is 5.79 Å². The Morgan fingerprint density at radius 2 is 1.76 bits per heavy atom. The normalized spacial score (nSPS) is 10.9. The van der Waals surface area contributed by atoms with E-state index in [-0.39, 0.29) is 6.42 Å². The molecule has 0 aliphatic rings. The minimum absolute atomic E-state index is 0.0247. The highest BCUT2D eigenvalue weighted by Crippen LogP contribution is 2.17. The van der Waals surface area contributed by atoms with Crippen LogP contribution in [0.3, 0.4) is 0 Å². The third kappa shape index (κ3) is 8.21. The first-order chi connectivity index (χ1) is 7.91. The summed E-state index contributed by atoms with van der Waals surface area (Å²) in [5, 5.41) is 43.9. The van der Waals surface area contributed by atoms with Gasteiger partial charge in [0, 0.05) is 6.42 Å². The van der Waals surface area contributed by atoms with Crippen LogP contribution >= 0.6 is 0 Å². The van der Waals surface area contributed by atoms with E-state index in [9.17, 15) is 15.0 Å². The molecule has 0 amide bonds. The van der Waals surface area contributed by atoms with Crippen LogP contribution in [-0.4, -0.2) is 27.1 Å². The second kappa shape index (κ2) is 7.61. The predicted molar refractivity (Wildman–Crippen MR) is 57.2 cm³/mol. The van der Waals surface area contributed by atoms with Crippen molar-refractivity contribution in [3.8, 4) is 12.1 Å². The van der Waals surface area contributed by atoms with Crippen molar-refractivity contribution in [3.63, 3.8) is 0 Å². The average Bonchev–Trinajstić information content (AvgIpc) is 2.21. The molecule has 0 aromatic heterocycles. The van der Waals surface area contributed by atoms with Gasteiger partial charge in [0.1, 0.15) is 5.92 Å². The maximum Gasteiger partial charge on any atom is 0.308 e. The van der Waals surface area contributed by atoms with E-state index in [4.69, 9.17) is 15.6 Å². The van der Waals surface area contributed by atoms with Crippen molar-refractivity contribution in [3.05, 3.63) is 0 Å². The molecule has 0 heterocycles. The summed E-state index contributed by atoms with van der Waals surface area (Å²) < 4.78 is 0. The Hall–Kier alpha value is -1.63. The van der Waals surface area contributed by atoms with Gasteiger partial charge in [0.05, 0.1) is 18.6 Å². The van der Waals surface area contributed by atoms with Crippen molar-refractivity contribution < 1.29 is 20.1 Å². The Kier molecular flexibility index (Phi) is 6.88. The Morgan fingerprint density at radius 1 is 1.18 bits per heavy atom. The van der Waals surface area contributed by atoms with E-state index in [0.717, 1.165) is 0 Å². The van der Waals surface area contributed by atoms with Gasteiger partial charge in [0.25, 0.3) is 0 Å². The minimum atomic E-state index is -2.17. The SMILES string of the molecule is N#CC(C#N)CCCCCC(O)(O)CC(=O)O. The number of hydrogen-bond donors (Lipinski definition) is 3. The number of unbranched alkanes of at least 4 members (excludes halogenated alkanes) is 2. The number of aliphatic carboxylic acids is 1. The summed E-state index contributed by atoms with van der Waals surface area (Å²) in [5.74, 6) is -4.05. The molecule has 0 atom stereocenters. The monoisotopic (exact) mass is 240 g/mol.